The molecule has 168 valence electrons. The molecule has 3 atom stereocenters. The van der Waals surface area contributed by atoms with Gasteiger partial charge in [-0.1, -0.05) is 24.3 Å². The topological polar surface area (TPSA) is 55.4 Å². The Balaban J connectivity index is 1.82. The Bertz CT molecular complexity index is 1080. The summed E-state index contributed by atoms with van der Waals surface area (Å²) < 4.78 is 44.5. The van der Waals surface area contributed by atoms with E-state index in [1.54, 1.807) is 25.2 Å². The lowest BCUT2D eigenvalue weighted by molar-refractivity contribution is -0.139. The predicted molar refractivity (Wildman–Crippen MR) is 115 cm³/mol. The number of ketones is 1. The van der Waals surface area contributed by atoms with Gasteiger partial charge in [0, 0.05) is 34.5 Å². The summed E-state index contributed by atoms with van der Waals surface area (Å²) >= 11 is 1.57. The van der Waals surface area contributed by atoms with Crippen LogP contribution in [-0.2, 0) is 20.5 Å². The van der Waals surface area contributed by atoms with E-state index >= 15 is 0 Å². The average molecular weight is 462 g/mol. The number of thiophene rings is 1. The molecule has 1 aliphatic carbocycles. The van der Waals surface area contributed by atoms with Crippen LogP contribution in [-0.4, -0.2) is 18.4 Å². The summed E-state index contributed by atoms with van der Waals surface area (Å²) in [5, 5.41) is 5.16. The van der Waals surface area contributed by atoms with Gasteiger partial charge in [0.25, 0.3) is 0 Å². The van der Waals surface area contributed by atoms with Crippen LogP contribution < -0.4 is 5.32 Å². The number of carbonyl (C=O) groups excluding carboxylic acids is 2. The standard InChI is InChI=1S/C24H22F3NO3S/c1-3-31-23(30)20-13(2)28-17-11-15(19-5-4-10-32-19)12-18(29)22(17)21(20)14-6-8-16(9-7-14)24(25,26)27/h4-11,15,21-22,28H,3,12H2,1-2H3. The Morgan fingerprint density at radius 2 is 1.91 bits per heavy atom. The Kier molecular flexibility index (Phi) is 5.99. The Hall–Kier alpha value is -2.87. The average Bonchev–Trinajstić information content (AvgIpc) is 3.27. The molecule has 0 saturated heterocycles. The highest BCUT2D eigenvalue weighted by Gasteiger charge is 2.45. The van der Waals surface area contributed by atoms with Gasteiger partial charge in [-0.2, -0.15) is 13.2 Å². The normalized spacial score (nSPS) is 23.3. The number of benzene rings is 1. The van der Waals surface area contributed by atoms with E-state index in [1.807, 2.05) is 23.6 Å². The SMILES string of the molecule is CCOC(=O)C1=C(C)NC2=CC(c3cccs3)CC(=O)C2C1c1ccc(C(F)(F)F)cc1. The van der Waals surface area contributed by atoms with Crippen molar-refractivity contribution in [2.24, 2.45) is 5.92 Å². The van der Waals surface area contributed by atoms with Crippen LogP contribution in [0.2, 0.25) is 0 Å². The number of halogens is 3. The lowest BCUT2D eigenvalue weighted by atomic mass is 9.69. The highest BCUT2D eigenvalue weighted by Crippen LogP contribution is 2.47. The minimum atomic E-state index is -4.47. The molecule has 4 nitrogen and oxygen atoms in total. The molecule has 32 heavy (non-hydrogen) atoms. The van der Waals surface area contributed by atoms with Crippen molar-refractivity contribution in [2.45, 2.75) is 38.3 Å². The van der Waals surface area contributed by atoms with E-state index in [-0.39, 0.29) is 30.3 Å². The zero-order valence-electron chi connectivity index (χ0n) is 17.5. The second-order valence-electron chi connectivity index (χ2n) is 7.87. The maximum atomic E-state index is 13.3. The first-order chi connectivity index (χ1) is 15.2. The van der Waals surface area contributed by atoms with Gasteiger partial charge < -0.3 is 10.1 Å². The highest BCUT2D eigenvalue weighted by atomic mass is 32.1. The fourth-order valence-corrected chi connectivity index (χ4v) is 5.28. The highest BCUT2D eigenvalue weighted by molar-refractivity contribution is 7.10. The van der Waals surface area contributed by atoms with Crippen LogP contribution in [0.15, 0.2) is 64.8 Å². The number of Topliss-reactive ketones (excluding diaryl/α,β-unsaturated/α-hetero) is 1. The molecule has 0 fully saturated rings. The van der Waals surface area contributed by atoms with Gasteiger partial charge in [0.1, 0.15) is 5.78 Å². The van der Waals surface area contributed by atoms with E-state index in [0.29, 0.717) is 17.0 Å². The number of carbonyl (C=O) groups is 2. The number of esters is 1. The van der Waals surface area contributed by atoms with Crippen molar-refractivity contribution in [3.05, 3.63) is 80.8 Å². The summed E-state index contributed by atoms with van der Waals surface area (Å²) in [6.07, 6.45) is -2.20. The molecule has 0 amide bonds. The molecule has 1 aliphatic heterocycles. The van der Waals surface area contributed by atoms with Gasteiger partial charge in [0.2, 0.25) is 0 Å². The Morgan fingerprint density at radius 1 is 1.19 bits per heavy atom. The van der Waals surface area contributed by atoms with E-state index in [2.05, 4.69) is 5.32 Å². The van der Waals surface area contributed by atoms with Crippen molar-refractivity contribution in [1.82, 2.24) is 5.32 Å². The van der Waals surface area contributed by atoms with Gasteiger partial charge in [-0.25, -0.2) is 4.79 Å². The molecule has 0 radical (unpaired) electrons. The van der Waals surface area contributed by atoms with E-state index in [1.165, 1.54) is 12.1 Å². The summed E-state index contributed by atoms with van der Waals surface area (Å²) in [5.41, 5.74) is 1.18. The van der Waals surface area contributed by atoms with Crippen LogP contribution in [0, 0.1) is 5.92 Å². The minimum Gasteiger partial charge on any atom is -0.463 e. The molecule has 2 heterocycles. The molecular weight excluding hydrogens is 439 g/mol. The number of ether oxygens (including phenoxy) is 1. The molecule has 0 bridgehead atoms. The zero-order chi connectivity index (χ0) is 23.0. The molecule has 1 aromatic carbocycles. The second-order valence-corrected chi connectivity index (χ2v) is 8.85. The van der Waals surface area contributed by atoms with Gasteiger partial charge in [-0.15, -0.1) is 11.3 Å². The minimum absolute atomic E-state index is 0.0624. The fourth-order valence-electron chi connectivity index (χ4n) is 4.48. The first-order valence-electron chi connectivity index (χ1n) is 10.3. The third-order valence-corrected chi connectivity index (χ3v) is 6.87. The largest absolute Gasteiger partial charge is 0.463 e. The van der Waals surface area contributed by atoms with Crippen LogP contribution in [0.3, 0.4) is 0 Å². The molecule has 3 unspecified atom stereocenters. The van der Waals surface area contributed by atoms with Gasteiger partial charge in [-0.05, 0) is 43.0 Å². The number of hydrogen-bond donors (Lipinski definition) is 1. The molecular formula is C24H22F3NO3S. The number of allylic oxidation sites excluding steroid dienone is 3. The molecule has 4 rings (SSSR count). The fraction of sp³-hybridized carbons (Fsp3) is 0.333. The van der Waals surface area contributed by atoms with Crippen molar-refractivity contribution in [3.63, 3.8) is 0 Å². The first-order valence-corrected chi connectivity index (χ1v) is 11.2. The Labute approximate surface area is 187 Å². The molecule has 8 heteroatoms. The van der Waals surface area contributed by atoms with E-state index < -0.39 is 29.5 Å². The number of nitrogens with one attached hydrogen (secondary N) is 1. The van der Waals surface area contributed by atoms with Gasteiger partial charge in [0.05, 0.1) is 23.7 Å². The Morgan fingerprint density at radius 3 is 2.50 bits per heavy atom. The third kappa shape index (κ3) is 4.11. The van der Waals surface area contributed by atoms with Crippen molar-refractivity contribution in [1.29, 1.82) is 0 Å². The van der Waals surface area contributed by atoms with Crippen molar-refractivity contribution in [2.75, 3.05) is 6.61 Å². The summed E-state index contributed by atoms with van der Waals surface area (Å²) in [7, 11) is 0. The van der Waals surface area contributed by atoms with Crippen LogP contribution in [0.1, 0.15) is 48.1 Å². The molecule has 0 spiro atoms. The maximum absolute atomic E-state index is 13.3. The first kappa shape index (κ1) is 22.3. The summed E-state index contributed by atoms with van der Waals surface area (Å²) in [6.45, 7) is 3.55. The second kappa shape index (κ2) is 8.58. The zero-order valence-corrected chi connectivity index (χ0v) is 18.3. The van der Waals surface area contributed by atoms with E-state index in [4.69, 9.17) is 4.74 Å². The third-order valence-electron chi connectivity index (χ3n) is 5.87. The maximum Gasteiger partial charge on any atom is 0.416 e. The molecule has 2 aliphatic rings. The number of rotatable bonds is 4. The number of fused-ring (bicyclic) bond motifs is 1. The van der Waals surface area contributed by atoms with Crippen LogP contribution in [0.4, 0.5) is 13.2 Å². The van der Waals surface area contributed by atoms with Crippen LogP contribution >= 0.6 is 11.3 Å². The summed E-state index contributed by atoms with van der Waals surface area (Å²) in [5.74, 6) is -2.12. The molecule has 0 saturated carbocycles. The summed E-state index contributed by atoms with van der Waals surface area (Å²) in [4.78, 5) is 27.2. The molecule has 2 aromatic rings. The quantitative estimate of drug-likeness (QED) is 0.607. The van der Waals surface area contributed by atoms with E-state index in [9.17, 15) is 22.8 Å². The predicted octanol–water partition coefficient (Wildman–Crippen LogP) is 5.55. The van der Waals surface area contributed by atoms with Gasteiger partial charge in [-0.3, -0.25) is 4.79 Å². The van der Waals surface area contributed by atoms with Crippen LogP contribution in [0.5, 0.6) is 0 Å². The lowest BCUT2D eigenvalue weighted by Crippen LogP contribution is -2.41. The lowest BCUT2D eigenvalue weighted by Gasteiger charge is -2.39. The van der Waals surface area contributed by atoms with Crippen molar-refractivity contribution >= 4 is 23.1 Å². The van der Waals surface area contributed by atoms with E-state index in [0.717, 1.165) is 17.0 Å². The number of alkyl halides is 3. The smallest absolute Gasteiger partial charge is 0.416 e. The van der Waals surface area contributed by atoms with Crippen molar-refractivity contribution in [3.8, 4) is 0 Å². The van der Waals surface area contributed by atoms with Crippen LogP contribution in [0.25, 0.3) is 0 Å². The van der Waals surface area contributed by atoms with Crippen molar-refractivity contribution < 1.29 is 27.5 Å². The molecule has 1 aromatic heterocycles. The monoisotopic (exact) mass is 461 g/mol. The number of hydrogen-bond acceptors (Lipinski definition) is 5. The van der Waals surface area contributed by atoms with Gasteiger partial charge >= 0.3 is 12.1 Å². The summed E-state index contributed by atoms with van der Waals surface area (Å²) in [6, 6.07) is 8.58. The molecule has 1 N–H and O–H groups in total. The van der Waals surface area contributed by atoms with Gasteiger partial charge in [0.15, 0.2) is 0 Å².